The Balaban J connectivity index is 1.49. The van der Waals surface area contributed by atoms with Gasteiger partial charge in [-0.25, -0.2) is 4.79 Å². The molecule has 0 aromatic heterocycles. The van der Waals surface area contributed by atoms with Crippen molar-refractivity contribution in [2.75, 3.05) is 40.3 Å². The van der Waals surface area contributed by atoms with Crippen LogP contribution in [0, 0.1) is 0 Å². The molecule has 3 heterocycles. The summed E-state index contributed by atoms with van der Waals surface area (Å²) in [6.07, 6.45) is 5.75. The molecule has 0 bridgehead atoms. The van der Waals surface area contributed by atoms with E-state index < -0.39 is 5.54 Å². The molecule has 2 N–H and O–H groups in total. The first kappa shape index (κ1) is 19.3. The summed E-state index contributed by atoms with van der Waals surface area (Å²) in [5.74, 6) is -0.0946. The average Bonchev–Trinajstić information content (AvgIpc) is 3.11. The van der Waals surface area contributed by atoms with Crippen LogP contribution in [0.2, 0.25) is 0 Å². The van der Waals surface area contributed by atoms with Gasteiger partial charge in [0.25, 0.3) is 5.91 Å². The Hall–Kier alpha value is -2.06. The van der Waals surface area contributed by atoms with Crippen LogP contribution in [0.25, 0.3) is 0 Å². The molecule has 152 valence electrons. The van der Waals surface area contributed by atoms with Gasteiger partial charge in [0.05, 0.1) is 11.8 Å². The van der Waals surface area contributed by atoms with Crippen LogP contribution in [0.15, 0.2) is 27.5 Å². The lowest BCUT2D eigenvalue weighted by atomic mass is 9.83. The van der Waals surface area contributed by atoms with Gasteiger partial charge in [-0.2, -0.15) is 5.10 Å². The first-order valence-electron chi connectivity index (χ1n) is 9.69. The summed E-state index contributed by atoms with van der Waals surface area (Å²) in [7, 11) is 3.86. The third-order valence-corrected chi connectivity index (χ3v) is 6.41. The van der Waals surface area contributed by atoms with E-state index in [1.807, 2.05) is 31.3 Å². The van der Waals surface area contributed by atoms with Crippen LogP contribution in [-0.2, 0) is 4.79 Å². The zero-order valence-corrected chi connectivity index (χ0v) is 17.3. The second-order valence-electron chi connectivity index (χ2n) is 8.53. The van der Waals surface area contributed by atoms with Crippen molar-refractivity contribution < 1.29 is 9.59 Å². The molecule has 2 fully saturated rings. The summed E-state index contributed by atoms with van der Waals surface area (Å²) in [5, 5.41) is 8.01. The van der Waals surface area contributed by atoms with Crippen molar-refractivity contribution in [2.24, 2.45) is 5.10 Å². The second kappa shape index (κ2) is 6.77. The van der Waals surface area contributed by atoms with Crippen molar-refractivity contribution in [1.82, 2.24) is 25.4 Å². The number of likely N-dealkylation sites (tertiary alicyclic amines) is 1. The van der Waals surface area contributed by atoms with Crippen molar-refractivity contribution in [2.45, 2.75) is 37.3 Å². The summed E-state index contributed by atoms with van der Waals surface area (Å²) in [6, 6.07) is -0.275. The van der Waals surface area contributed by atoms with E-state index >= 15 is 0 Å². The number of hydrogen-bond acceptors (Lipinski definition) is 6. The maximum absolute atomic E-state index is 13.0. The molecule has 0 aromatic rings. The van der Waals surface area contributed by atoms with Crippen LogP contribution in [0.1, 0.15) is 26.2 Å². The molecule has 4 aliphatic rings. The highest BCUT2D eigenvalue weighted by molar-refractivity contribution is 6.30. The zero-order valence-electron chi connectivity index (χ0n) is 16.6. The minimum Gasteiger partial charge on any atom is -0.371 e. The normalized spacial score (nSPS) is 28.8. The van der Waals surface area contributed by atoms with E-state index in [0.29, 0.717) is 45.4 Å². The third-order valence-electron chi connectivity index (χ3n) is 6.17. The fourth-order valence-electron chi connectivity index (χ4n) is 4.45. The molecule has 1 aliphatic carbocycles. The minimum absolute atomic E-state index is 0.0946. The van der Waals surface area contributed by atoms with Gasteiger partial charge in [0.1, 0.15) is 5.54 Å². The number of carbonyl (C=O) groups excluding carboxylic acids is 2. The second-order valence-corrected chi connectivity index (χ2v) is 9.01. The number of amides is 3. The van der Waals surface area contributed by atoms with Gasteiger partial charge >= 0.3 is 6.03 Å². The van der Waals surface area contributed by atoms with Crippen molar-refractivity contribution in [1.29, 1.82) is 0 Å². The maximum Gasteiger partial charge on any atom is 0.325 e. The van der Waals surface area contributed by atoms with E-state index in [1.165, 1.54) is 4.90 Å². The average molecular weight is 407 g/mol. The molecule has 28 heavy (non-hydrogen) atoms. The van der Waals surface area contributed by atoms with E-state index in [4.69, 9.17) is 11.6 Å². The van der Waals surface area contributed by atoms with Crippen LogP contribution in [0.5, 0.6) is 0 Å². The summed E-state index contributed by atoms with van der Waals surface area (Å²) in [4.78, 5) is 31.0. The Bertz CT molecular complexity index is 796. The molecule has 3 amide bonds. The topological polar surface area (TPSA) is 80.3 Å². The van der Waals surface area contributed by atoms with Gasteiger partial charge in [0.2, 0.25) is 0 Å². The van der Waals surface area contributed by atoms with Gasteiger partial charge in [-0.15, -0.1) is 0 Å². The number of rotatable bonds is 4. The number of hydrazone groups is 1. The largest absolute Gasteiger partial charge is 0.371 e. The summed E-state index contributed by atoms with van der Waals surface area (Å²) in [5.41, 5.74) is 4.29. The fourth-order valence-corrected chi connectivity index (χ4v) is 4.82. The molecule has 0 aromatic carbocycles. The number of likely N-dealkylation sites (N-methyl/N-ethyl adjacent to an activating group) is 1. The first-order valence-corrected chi connectivity index (χ1v) is 10.1. The molecule has 8 nitrogen and oxygen atoms in total. The Kier molecular flexibility index (Phi) is 4.66. The lowest BCUT2D eigenvalue weighted by Gasteiger charge is -2.41. The number of imide groups is 1. The van der Waals surface area contributed by atoms with E-state index in [9.17, 15) is 9.59 Å². The smallest absolute Gasteiger partial charge is 0.325 e. The minimum atomic E-state index is -0.779. The summed E-state index contributed by atoms with van der Waals surface area (Å²) < 4.78 is 0. The molecular formula is C19H27ClN6O2. The Morgan fingerprint density at radius 3 is 2.68 bits per heavy atom. The van der Waals surface area contributed by atoms with E-state index in [1.54, 1.807) is 0 Å². The molecule has 4 rings (SSSR count). The lowest BCUT2D eigenvalue weighted by Crippen LogP contribution is -2.55. The van der Waals surface area contributed by atoms with Gasteiger partial charge in [0.15, 0.2) is 0 Å². The number of halogens is 1. The predicted molar refractivity (Wildman–Crippen MR) is 108 cm³/mol. The van der Waals surface area contributed by atoms with Gasteiger partial charge < -0.3 is 15.1 Å². The Morgan fingerprint density at radius 2 is 2.00 bits per heavy atom. The van der Waals surface area contributed by atoms with Crippen molar-refractivity contribution in [3.05, 3.63) is 22.4 Å². The number of nitrogens with one attached hydrogen (secondary N) is 2. The van der Waals surface area contributed by atoms with Gasteiger partial charge in [-0.1, -0.05) is 11.6 Å². The molecule has 1 spiro atoms. The summed E-state index contributed by atoms with van der Waals surface area (Å²) >= 11 is 6.41. The summed E-state index contributed by atoms with van der Waals surface area (Å²) in [6.45, 7) is 4.52. The lowest BCUT2D eigenvalue weighted by molar-refractivity contribution is -0.132. The highest BCUT2D eigenvalue weighted by Crippen LogP contribution is 2.39. The van der Waals surface area contributed by atoms with E-state index in [-0.39, 0.29) is 17.5 Å². The number of carbonyl (C=O) groups is 2. The maximum atomic E-state index is 13.0. The van der Waals surface area contributed by atoms with Crippen LogP contribution in [0.4, 0.5) is 4.79 Å². The fraction of sp³-hybridized carbons (Fsp3) is 0.632. The van der Waals surface area contributed by atoms with E-state index in [0.717, 1.165) is 16.3 Å². The molecule has 1 unspecified atom stereocenters. The highest BCUT2D eigenvalue weighted by Gasteiger charge is 2.52. The monoisotopic (exact) mass is 406 g/mol. The predicted octanol–water partition coefficient (Wildman–Crippen LogP) is 1.06. The SMILES string of the molecule is CN(C)CCN1C(=O)NC2(CCN(C3=C4C=NNC4(C)CC(Cl)=C3)CC2)C1=O. The van der Waals surface area contributed by atoms with Crippen LogP contribution in [-0.4, -0.2) is 84.2 Å². The number of allylic oxidation sites excluding steroid dienone is 1. The van der Waals surface area contributed by atoms with Crippen molar-refractivity contribution in [3.63, 3.8) is 0 Å². The highest BCUT2D eigenvalue weighted by atomic mass is 35.5. The van der Waals surface area contributed by atoms with Gasteiger partial charge in [-0.3, -0.25) is 15.1 Å². The standard InChI is InChI=1S/C19H27ClN6O2/c1-18-11-13(20)10-15(14(18)12-21-23-18)25-6-4-19(5-7-25)16(27)26(17(28)22-19)9-8-24(2)3/h10,12,23H,4-9,11H2,1-3H3,(H,22,28). The van der Waals surface area contributed by atoms with Crippen molar-refractivity contribution in [3.8, 4) is 0 Å². The quantitative estimate of drug-likeness (QED) is 0.682. The third kappa shape index (κ3) is 3.08. The number of hydrogen-bond donors (Lipinski definition) is 2. The van der Waals surface area contributed by atoms with Crippen molar-refractivity contribution >= 4 is 29.8 Å². The molecule has 9 heteroatoms. The number of nitrogens with zero attached hydrogens (tertiary/aromatic N) is 4. The molecule has 0 radical (unpaired) electrons. The molecule has 2 saturated heterocycles. The number of fused-ring (bicyclic) bond motifs is 1. The van der Waals surface area contributed by atoms with Crippen LogP contribution < -0.4 is 10.7 Å². The van der Waals surface area contributed by atoms with Crippen LogP contribution >= 0.6 is 11.6 Å². The van der Waals surface area contributed by atoms with Gasteiger partial charge in [-0.05, 0) is 39.9 Å². The Labute approximate surface area is 170 Å². The Morgan fingerprint density at radius 1 is 1.29 bits per heavy atom. The molecular weight excluding hydrogens is 380 g/mol. The zero-order chi connectivity index (χ0) is 20.1. The molecule has 1 atom stereocenters. The molecule has 3 aliphatic heterocycles. The van der Waals surface area contributed by atoms with E-state index in [2.05, 4.69) is 27.7 Å². The van der Waals surface area contributed by atoms with Crippen LogP contribution in [0.3, 0.4) is 0 Å². The number of piperidine rings is 1. The number of urea groups is 1. The molecule has 0 saturated carbocycles. The van der Waals surface area contributed by atoms with Gasteiger partial charge in [0, 0.05) is 48.9 Å². The first-order chi connectivity index (χ1) is 13.2.